The molecule has 0 radical (unpaired) electrons. The zero-order chi connectivity index (χ0) is 19.7. The largest absolute Gasteiger partial charge is 0.462 e. The summed E-state index contributed by atoms with van der Waals surface area (Å²) in [7, 11) is 0. The summed E-state index contributed by atoms with van der Waals surface area (Å²) < 4.78 is 14.1. The highest BCUT2D eigenvalue weighted by Gasteiger charge is 2.28. The van der Waals surface area contributed by atoms with Gasteiger partial charge in [0.25, 0.3) is 0 Å². The maximum Gasteiger partial charge on any atom is 0.341 e. The van der Waals surface area contributed by atoms with Crippen molar-refractivity contribution in [3.63, 3.8) is 0 Å². The molecule has 142 valence electrons. The highest BCUT2D eigenvalue weighted by atomic mass is 16.5. The second-order valence-electron chi connectivity index (χ2n) is 6.08. The Hall–Kier alpha value is -3.61. The maximum atomic E-state index is 12.8. The Morgan fingerprint density at radius 3 is 2.29 bits per heavy atom. The number of carbonyl (C=O) groups is 2. The molecule has 3 heterocycles. The molecule has 0 atom stereocenters. The molecule has 0 aliphatic rings. The average molecular weight is 377 g/mol. The van der Waals surface area contributed by atoms with Crippen LogP contribution in [-0.2, 0) is 9.47 Å². The first-order valence-corrected chi connectivity index (χ1v) is 9.07. The predicted molar refractivity (Wildman–Crippen MR) is 104 cm³/mol. The summed E-state index contributed by atoms with van der Waals surface area (Å²) in [6.45, 7) is 3.85. The first-order chi connectivity index (χ1) is 13.7. The number of nitrogens with zero attached hydrogens (tertiary/aromatic N) is 3. The first-order valence-electron chi connectivity index (χ1n) is 9.07. The Balaban J connectivity index is 2.12. The van der Waals surface area contributed by atoms with E-state index in [0.29, 0.717) is 16.6 Å². The van der Waals surface area contributed by atoms with Gasteiger partial charge in [-0.1, -0.05) is 18.2 Å². The SMILES string of the molecule is CCOC(=O)c1c(C(=O)OCC)c2cccn2c2c1cnn2-c1ccccc1. The number of rotatable bonds is 5. The van der Waals surface area contributed by atoms with Crippen LogP contribution in [0.5, 0.6) is 0 Å². The van der Waals surface area contributed by atoms with Crippen molar-refractivity contribution >= 4 is 28.5 Å². The molecule has 3 aromatic heterocycles. The Bertz CT molecular complexity index is 1170. The minimum absolute atomic E-state index is 0.170. The monoisotopic (exact) mass is 377 g/mol. The van der Waals surface area contributed by atoms with E-state index in [9.17, 15) is 9.59 Å². The zero-order valence-electron chi connectivity index (χ0n) is 15.6. The van der Waals surface area contributed by atoms with E-state index in [4.69, 9.17) is 9.47 Å². The number of fused-ring (bicyclic) bond motifs is 3. The van der Waals surface area contributed by atoms with Gasteiger partial charge in [-0.25, -0.2) is 14.3 Å². The van der Waals surface area contributed by atoms with Crippen LogP contribution in [0.15, 0.2) is 54.9 Å². The Morgan fingerprint density at radius 2 is 1.61 bits per heavy atom. The van der Waals surface area contributed by atoms with Crippen molar-refractivity contribution in [2.75, 3.05) is 13.2 Å². The van der Waals surface area contributed by atoms with E-state index in [1.54, 1.807) is 30.8 Å². The van der Waals surface area contributed by atoms with E-state index in [-0.39, 0.29) is 24.3 Å². The molecular formula is C21H19N3O4. The number of benzene rings is 1. The van der Waals surface area contributed by atoms with Crippen molar-refractivity contribution in [1.29, 1.82) is 0 Å². The van der Waals surface area contributed by atoms with Gasteiger partial charge in [0.2, 0.25) is 0 Å². The fourth-order valence-corrected chi connectivity index (χ4v) is 3.37. The Morgan fingerprint density at radius 1 is 0.929 bits per heavy atom. The molecule has 0 aliphatic carbocycles. The van der Waals surface area contributed by atoms with Crippen LogP contribution in [0.25, 0.3) is 22.2 Å². The lowest BCUT2D eigenvalue weighted by Gasteiger charge is -2.14. The van der Waals surface area contributed by atoms with Gasteiger partial charge in [-0.05, 0) is 38.1 Å². The van der Waals surface area contributed by atoms with E-state index < -0.39 is 11.9 Å². The summed E-state index contributed by atoms with van der Waals surface area (Å²) in [5.74, 6) is -1.14. The summed E-state index contributed by atoms with van der Waals surface area (Å²) >= 11 is 0. The van der Waals surface area contributed by atoms with Gasteiger partial charge in [-0.2, -0.15) is 5.10 Å². The third-order valence-electron chi connectivity index (χ3n) is 4.46. The van der Waals surface area contributed by atoms with Crippen LogP contribution in [-0.4, -0.2) is 39.3 Å². The van der Waals surface area contributed by atoms with Crippen molar-refractivity contribution < 1.29 is 19.1 Å². The average Bonchev–Trinajstić information content (AvgIpc) is 3.34. The van der Waals surface area contributed by atoms with Crippen molar-refractivity contribution in [1.82, 2.24) is 14.2 Å². The third kappa shape index (κ3) is 2.72. The van der Waals surface area contributed by atoms with E-state index in [1.807, 2.05) is 47.0 Å². The molecule has 0 N–H and O–H groups in total. The second-order valence-corrected chi connectivity index (χ2v) is 6.08. The molecule has 0 fully saturated rings. The highest BCUT2D eigenvalue weighted by Crippen LogP contribution is 2.30. The van der Waals surface area contributed by atoms with Gasteiger partial charge < -0.3 is 13.9 Å². The van der Waals surface area contributed by atoms with E-state index in [0.717, 1.165) is 5.69 Å². The third-order valence-corrected chi connectivity index (χ3v) is 4.46. The number of carbonyl (C=O) groups excluding carboxylic acids is 2. The second kappa shape index (κ2) is 7.19. The van der Waals surface area contributed by atoms with Gasteiger partial charge in [0, 0.05) is 6.20 Å². The van der Waals surface area contributed by atoms with Gasteiger partial charge >= 0.3 is 11.9 Å². The van der Waals surface area contributed by atoms with Crippen LogP contribution in [0, 0.1) is 0 Å². The minimum Gasteiger partial charge on any atom is -0.462 e. The summed E-state index contributed by atoms with van der Waals surface area (Å²) in [5, 5.41) is 5.00. The molecule has 7 heteroatoms. The van der Waals surface area contributed by atoms with E-state index in [2.05, 4.69) is 5.10 Å². The van der Waals surface area contributed by atoms with Crippen molar-refractivity contribution in [3.05, 3.63) is 66.0 Å². The molecule has 0 spiro atoms. The standard InChI is InChI=1S/C21H19N3O4/c1-3-27-20(25)17-15-13-22-24(14-9-6-5-7-10-14)19(15)23-12-8-11-16(23)18(17)21(26)28-4-2/h5-13H,3-4H2,1-2H3. The lowest BCUT2D eigenvalue weighted by molar-refractivity contribution is 0.0482. The summed E-state index contributed by atoms with van der Waals surface area (Å²) in [6.07, 6.45) is 3.41. The normalized spacial score (nSPS) is 11.1. The van der Waals surface area contributed by atoms with Crippen molar-refractivity contribution in [2.45, 2.75) is 13.8 Å². The summed E-state index contributed by atoms with van der Waals surface area (Å²) in [6, 6.07) is 13.2. The number of aromatic nitrogens is 3. The number of esters is 2. The van der Waals surface area contributed by atoms with Crippen LogP contribution in [0.3, 0.4) is 0 Å². The number of hydrogen-bond acceptors (Lipinski definition) is 5. The molecule has 0 saturated heterocycles. The lowest BCUT2D eigenvalue weighted by atomic mass is 10.0. The van der Waals surface area contributed by atoms with Crippen LogP contribution < -0.4 is 0 Å². The number of ether oxygens (including phenoxy) is 2. The number of pyridine rings is 1. The molecule has 0 aliphatic heterocycles. The smallest absolute Gasteiger partial charge is 0.341 e. The van der Waals surface area contributed by atoms with Gasteiger partial charge in [0.05, 0.1) is 47.1 Å². The first kappa shape index (κ1) is 17.8. The molecular weight excluding hydrogens is 358 g/mol. The molecule has 4 rings (SSSR count). The fraction of sp³-hybridized carbons (Fsp3) is 0.190. The highest BCUT2D eigenvalue weighted by molar-refractivity contribution is 6.15. The van der Waals surface area contributed by atoms with Gasteiger partial charge in [-0.15, -0.1) is 0 Å². The molecule has 0 unspecified atom stereocenters. The zero-order valence-corrected chi connectivity index (χ0v) is 15.6. The number of para-hydroxylation sites is 1. The number of hydrogen-bond donors (Lipinski definition) is 0. The fourth-order valence-electron chi connectivity index (χ4n) is 3.37. The van der Waals surface area contributed by atoms with E-state index in [1.165, 1.54) is 0 Å². The summed E-state index contributed by atoms with van der Waals surface area (Å²) in [5.41, 5.74) is 2.43. The topological polar surface area (TPSA) is 74.8 Å². The molecule has 0 saturated carbocycles. The summed E-state index contributed by atoms with van der Waals surface area (Å²) in [4.78, 5) is 25.6. The Kier molecular flexibility index (Phi) is 4.57. The molecule has 4 aromatic rings. The van der Waals surface area contributed by atoms with Crippen LogP contribution in [0.1, 0.15) is 34.6 Å². The van der Waals surface area contributed by atoms with Gasteiger partial charge in [0.15, 0.2) is 0 Å². The van der Waals surface area contributed by atoms with Crippen LogP contribution in [0.2, 0.25) is 0 Å². The molecule has 0 bridgehead atoms. The van der Waals surface area contributed by atoms with Crippen molar-refractivity contribution in [2.24, 2.45) is 0 Å². The quantitative estimate of drug-likeness (QED) is 0.497. The predicted octanol–water partition coefficient (Wildman–Crippen LogP) is 3.63. The van der Waals surface area contributed by atoms with Crippen molar-refractivity contribution in [3.8, 4) is 5.69 Å². The lowest BCUT2D eigenvalue weighted by Crippen LogP contribution is -2.17. The van der Waals surface area contributed by atoms with Crippen LogP contribution in [0.4, 0.5) is 0 Å². The van der Waals surface area contributed by atoms with Gasteiger partial charge in [-0.3, -0.25) is 0 Å². The molecule has 0 amide bonds. The minimum atomic E-state index is -0.577. The van der Waals surface area contributed by atoms with Crippen LogP contribution >= 0.6 is 0 Å². The van der Waals surface area contributed by atoms with Gasteiger partial charge in [0.1, 0.15) is 5.65 Å². The molecule has 7 nitrogen and oxygen atoms in total. The molecule has 1 aromatic carbocycles. The maximum absolute atomic E-state index is 12.8. The molecule has 28 heavy (non-hydrogen) atoms. The van der Waals surface area contributed by atoms with E-state index >= 15 is 0 Å². The Labute approximate surface area is 161 Å².